The summed E-state index contributed by atoms with van der Waals surface area (Å²) >= 11 is 6.41. The van der Waals surface area contributed by atoms with Crippen LogP contribution in [0.15, 0.2) is 79.0 Å². The van der Waals surface area contributed by atoms with Crippen LogP contribution in [0.1, 0.15) is 37.9 Å². The molecule has 4 aromatic carbocycles. The van der Waals surface area contributed by atoms with Crippen molar-refractivity contribution in [3.63, 3.8) is 0 Å². The van der Waals surface area contributed by atoms with E-state index in [4.69, 9.17) is 16.3 Å². The Morgan fingerprint density at radius 2 is 1.85 bits per heavy atom. The van der Waals surface area contributed by atoms with Gasteiger partial charge in [-0.05, 0) is 72.0 Å². The molecular formula is C31H26ClN5O4. The van der Waals surface area contributed by atoms with Crippen LogP contribution in [0.3, 0.4) is 0 Å². The van der Waals surface area contributed by atoms with E-state index in [1.165, 1.54) is 16.8 Å². The lowest BCUT2D eigenvalue weighted by molar-refractivity contribution is 0.0982. The minimum atomic E-state index is -0.299. The first kappa shape index (κ1) is 26.3. The fourth-order valence-electron chi connectivity index (χ4n) is 5.31. The minimum Gasteiger partial charge on any atom is -0.508 e. The number of aryl methyl sites for hydroxylation is 1. The molecule has 5 aromatic rings. The van der Waals surface area contributed by atoms with Crippen LogP contribution in [-0.4, -0.2) is 51.4 Å². The molecule has 9 nitrogen and oxygen atoms in total. The van der Waals surface area contributed by atoms with Crippen LogP contribution >= 0.6 is 11.6 Å². The van der Waals surface area contributed by atoms with Crippen molar-refractivity contribution in [1.29, 1.82) is 0 Å². The van der Waals surface area contributed by atoms with Gasteiger partial charge in [-0.3, -0.25) is 9.59 Å². The van der Waals surface area contributed by atoms with Crippen molar-refractivity contribution < 1.29 is 19.4 Å². The molecule has 0 aliphatic carbocycles. The van der Waals surface area contributed by atoms with Crippen LogP contribution in [0.5, 0.6) is 11.5 Å². The number of halogens is 1. The summed E-state index contributed by atoms with van der Waals surface area (Å²) < 4.78 is 7.21. The fraction of sp³-hybridized carbons (Fsp3) is 0.161. The van der Waals surface area contributed by atoms with Crippen LogP contribution in [-0.2, 0) is 0 Å². The van der Waals surface area contributed by atoms with Gasteiger partial charge in [0.2, 0.25) is 0 Å². The van der Waals surface area contributed by atoms with Crippen molar-refractivity contribution >= 4 is 45.6 Å². The Bertz CT molecular complexity index is 1780. The molecule has 10 heteroatoms. The van der Waals surface area contributed by atoms with E-state index >= 15 is 0 Å². The summed E-state index contributed by atoms with van der Waals surface area (Å²) in [5.41, 5.74) is 4.77. The monoisotopic (exact) mass is 567 g/mol. The summed E-state index contributed by atoms with van der Waals surface area (Å²) in [5, 5.41) is 22.6. The van der Waals surface area contributed by atoms with E-state index in [0.29, 0.717) is 35.1 Å². The van der Waals surface area contributed by atoms with Gasteiger partial charge in [0.15, 0.2) is 5.69 Å². The van der Waals surface area contributed by atoms with Crippen molar-refractivity contribution in [3.05, 3.63) is 101 Å². The van der Waals surface area contributed by atoms with Crippen molar-refractivity contribution in [2.45, 2.75) is 12.8 Å². The zero-order valence-corrected chi connectivity index (χ0v) is 23.1. The molecule has 1 atom stereocenters. The number of amides is 2. The number of methoxy groups -OCH3 is 1. The van der Waals surface area contributed by atoms with E-state index in [-0.39, 0.29) is 29.2 Å². The molecule has 0 saturated carbocycles. The van der Waals surface area contributed by atoms with Crippen molar-refractivity contribution in [1.82, 2.24) is 15.0 Å². The molecule has 1 aliphatic rings. The molecule has 2 heterocycles. The van der Waals surface area contributed by atoms with Gasteiger partial charge in [-0.1, -0.05) is 23.4 Å². The number of rotatable bonds is 6. The highest BCUT2D eigenvalue weighted by Gasteiger charge is 2.36. The highest BCUT2D eigenvalue weighted by molar-refractivity contribution is 6.19. The van der Waals surface area contributed by atoms with Crippen molar-refractivity contribution in [2.75, 3.05) is 29.8 Å². The summed E-state index contributed by atoms with van der Waals surface area (Å²) in [6.07, 6.45) is 1.59. The molecule has 1 aliphatic heterocycles. The fourth-order valence-corrected chi connectivity index (χ4v) is 5.56. The smallest absolute Gasteiger partial charge is 0.280 e. The van der Waals surface area contributed by atoms with E-state index in [1.54, 1.807) is 54.6 Å². The Kier molecular flexibility index (Phi) is 6.80. The zero-order chi connectivity index (χ0) is 28.7. The molecule has 0 fully saturated rings. The Labute approximate surface area is 240 Å². The van der Waals surface area contributed by atoms with Gasteiger partial charge in [-0.25, -0.2) is 4.68 Å². The number of alkyl halides is 1. The number of carbonyl (C=O) groups excluding carboxylic acids is 2. The predicted octanol–water partition coefficient (Wildman–Crippen LogP) is 5.68. The number of anilines is 2. The molecule has 0 bridgehead atoms. The van der Waals surface area contributed by atoms with Crippen LogP contribution in [0, 0.1) is 6.92 Å². The number of aromatic hydroxyl groups is 1. The molecule has 2 N–H and O–H groups in total. The van der Waals surface area contributed by atoms with Gasteiger partial charge in [-0.2, -0.15) is 0 Å². The number of hydrogen-bond donors (Lipinski definition) is 2. The van der Waals surface area contributed by atoms with E-state index in [9.17, 15) is 14.7 Å². The second-order valence-electron chi connectivity index (χ2n) is 9.87. The summed E-state index contributed by atoms with van der Waals surface area (Å²) in [6, 6.07) is 21.0. The normalized spacial score (nSPS) is 14.2. The van der Waals surface area contributed by atoms with Crippen molar-refractivity contribution in [2.24, 2.45) is 0 Å². The first-order valence-electron chi connectivity index (χ1n) is 13.0. The molecule has 2 amide bonds. The van der Waals surface area contributed by atoms with E-state index in [2.05, 4.69) is 15.6 Å². The Morgan fingerprint density at radius 3 is 2.56 bits per heavy atom. The van der Waals surface area contributed by atoms with Gasteiger partial charge in [0, 0.05) is 41.0 Å². The van der Waals surface area contributed by atoms with Gasteiger partial charge < -0.3 is 20.1 Å². The molecule has 1 unspecified atom stereocenters. The molecule has 6 rings (SSSR count). The number of phenols is 1. The molecule has 206 valence electrons. The molecule has 0 saturated heterocycles. The number of phenolic OH excluding ortho intramolecular Hbond substituents is 1. The van der Waals surface area contributed by atoms with Crippen molar-refractivity contribution in [3.8, 4) is 17.2 Å². The van der Waals surface area contributed by atoms with Gasteiger partial charge in [0.05, 0.1) is 24.7 Å². The van der Waals surface area contributed by atoms with E-state index in [0.717, 1.165) is 27.6 Å². The van der Waals surface area contributed by atoms with Gasteiger partial charge in [0.1, 0.15) is 11.5 Å². The first-order chi connectivity index (χ1) is 19.9. The molecule has 0 spiro atoms. The number of ether oxygens (including phenoxy) is 1. The molecule has 1 aromatic heterocycles. The lowest BCUT2D eigenvalue weighted by atomic mass is 9.92. The average Bonchev–Trinajstić information content (AvgIpc) is 3.63. The second kappa shape index (κ2) is 10.6. The van der Waals surface area contributed by atoms with Crippen LogP contribution in [0.2, 0.25) is 0 Å². The maximum atomic E-state index is 13.7. The standard InChI is InChI=1S/C31H26ClN5O4/c1-18-4-3-5-24-27(41-2)14-26-29(28(18)24)20(15-32)16-36(26)31(40)25-17-37(35-34-25)22-10-8-21(9-11-22)33-30(39)19-6-12-23(38)13-7-19/h3-14,17,20,38H,15-16H2,1-2H3,(H,33,39). The summed E-state index contributed by atoms with van der Waals surface area (Å²) in [7, 11) is 1.62. The highest BCUT2D eigenvalue weighted by atomic mass is 35.5. The third-order valence-electron chi connectivity index (χ3n) is 7.34. The van der Waals surface area contributed by atoms with Gasteiger partial charge in [-0.15, -0.1) is 16.7 Å². The van der Waals surface area contributed by atoms with Gasteiger partial charge >= 0.3 is 0 Å². The predicted molar refractivity (Wildman–Crippen MR) is 158 cm³/mol. The maximum Gasteiger partial charge on any atom is 0.280 e. The lowest BCUT2D eigenvalue weighted by Crippen LogP contribution is -2.30. The summed E-state index contributed by atoms with van der Waals surface area (Å²) in [6.45, 7) is 2.48. The third kappa shape index (κ3) is 4.74. The Hall–Kier alpha value is -4.89. The first-order valence-corrected chi connectivity index (χ1v) is 13.5. The molecule has 0 radical (unpaired) electrons. The van der Waals surface area contributed by atoms with Gasteiger partial charge in [0.25, 0.3) is 11.8 Å². The topological polar surface area (TPSA) is 110 Å². The minimum absolute atomic E-state index is 0.0375. The number of carbonyl (C=O) groups is 2. The van der Waals surface area contributed by atoms with E-state index < -0.39 is 0 Å². The molecule has 41 heavy (non-hydrogen) atoms. The highest BCUT2D eigenvalue weighted by Crippen LogP contribution is 2.46. The maximum absolute atomic E-state index is 13.7. The van der Waals surface area contributed by atoms with Crippen LogP contribution < -0.4 is 15.0 Å². The summed E-state index contributed by atoms with van der Waals surface area (Å²) in [5.74, 6) is 0.536. The summed E-state index contributed by atoms with van der Waals surface area (Å²) in [4.78, 5) is 27.9. The SMILES string of the molecule is COc1cc2c(c3c(C)cccc13)C(CCl)CN2C(=O)c1cn(-c2ccc(NC(=O)c3ccc(O)cc3)cc2)nn1. The zero-order valence-electron chi connectivity index (χ0n) is 22.3. The number of nitrogens with zero attached hydrogens (tertiary/aromatic N) is 4. The quantitative estimate of drug-likeness (QED) is 0.256. The number of aromatic nitrogens is 3. The second-order valence-corrected chi connectivity index (χ2v) is 10.2. The Morgan fingerprint density at radius 1 is 1.10 bits per heavy atom. The van der Waals surface area contributed by atoms with E-state index in [1.807, 2.05) is 31.2 Å². The lowest BCUT2D eigenvalue weighted by Gasteiger charge is -2.18. The van der Waals surface area contributed by atoms with Crippen LogP contribution in [0.4, 0.5) is 11.4 Å². The number of hydrogen-bond acceptors (Lipinski definition) is 6. The third-order valence-corrected chi connectivity index (χ3v) is 7.71. The largest absolute Gasteiger partial charge is 0.508 e. The average molecular weight is 568 g/mol. The number of benzene rings is 4. The molecular weight excluding hydrogens is 542 g/mol. The number of nitrogens with one attached hydrogen (secondary N) is 1. The Balaban J connectivity index is 1.25. The van der Waals surface area contributed by atoms with Crippen LogP contribution in [0.25, 0.3) is 16.5 Å². The number of fused-ring (bicyclic) bond motifs is 3.